The van der Waals surface area contributed by atoms with Crippen LogP contribution in [0.5, 0.6) is 0 Å². The summed E-state index contributed by atoms with van der Waals surface area (Å²) < 4.78 is 4.76. The van der Waals surface area contributed by atoms with E-state index in [9.17, 15) is 9.59 Å². The summed E-state index contributed by atoms with van der Waals surface area (Å²) in [6, 6.07) is -0.580. The topological polar surface area (TPSA) is 81.4 Å². The average Bonchev–Trinajstić information content (AvgIpc) is 2.63. The minimum absolute atomic E-state index is 0.273. The number of thiophene rings is 1. The van der Waals surface area contributed by atoms with Crippen molar-refractivity contribution < 1.29 is 14.3 Å². The first-order valence-electron chi connectivity index (χ1n) is 6.52. The van der Waals surface area contributed by atoms with Gasteiger partial charge in [-0.2, -0.15) is 0 Å². The molecule has 0 radical (unpaired) electrons. The summed E-state index contributed by atoms with van der Waals surface area (Å²) in [5.74, 6) is -0.382. The molecule has 0 aliphatic heterocycles. The van der Waals surface area contributed by atoms with Crippen LogP contribution in [-0.2, 0) is 9.53 Å². The van der Waals surface area contributed by atoms with Gasteiger partial charge < -0.3 is 15.8 Å². The lowest BCUT2D eigenvalue weighted by atomic mass is 10.0. The van der Waals surface area contributed by atoms with Crippen LogP contribution in [0.25, 0.3) is 0 Å². The second kappa shape index (κ2) is 6.85. The minimum Gasteiger partial charge on any atom is -0.465 e. The predicted octanol–water partition coefficient (Wildman–Crippen LogP) is 2.46. The van der Waals surface area contributed by atoms with Gasteiger partial charge in [0.15, 0.2) is 0 Å². The third kappa shape index (κ3) is 3.80. The number of anilines is 1. The number of amides is 1. The van der Waals surface area contributed by atoms with Crippen molar-refractivity contribution in [2.45, 2.75) is 40.2 Å². The highest BCUT2D eigenvalue weighted by atomic mass is 32.1. The second-order valence-corrected chi connectivity index (χ2v) is 6.43. The first kappa shape index (κ1) is 16.7. The fraction of sp³-hybridized carbons (Fsp3) is 0.571. The highest BCUT2D eigenvalue weighted by Gasteiger charge is 2.23. The van der Waals surface area contributed by atoms with E-state index in [4.69, 9.17) is 10.5 Å². The van der Waals surface area contributed by atoms with Gasteiger partial charge in [0.2, 0.25) is 5.91 Å². The number of carbonyl (C=O) groups is 2. The maximum absolute atomic E-state index is 12.1. The van der Waals surface area contributed by atoms with Crippen molar-refractivity contribution in [1.29, 1.82) is 0 Å². The van der Waals surface area contributed by atoms with Crippen molar-refractivity contribution in [1.82, 2.24) is 0 Å². The molecule has 6 heteroatoms. The SMILES string of the molecule is COC(=O)c1c(NC(=O)C(N)CC(C)C)sc(C)c1C. The van der Waals surface area contributed by atoms with E-state index in [1.54, 1.807) is 0 Å². The molecule has 0 aliphatic carbocycles. The van der Waals surface area contributed by atoms with Crippen LogP contribution in [0.4, 0.5) is 5.00 Å². The number of aryl methyl sites for hydroxylation is 1. The summed E-state index contributed by atoms with van der Waals surface area (Å²) in [7, 11) is 1.32. The first-order valence-corrected chi connectivity index (χ1v) is 7.34. The Balaban J connectivity index is 2.95. The van der Waals surface area contributed by atoms with Crippen molar-refractivity contribution >= 4 is 28.2 Å². The van der Waals surface area contributed by atoms with E-state index < -0.39 is 12.0 Å². The Morgan fingerprint density at radius 1 is 1.35 bits per heavy atom. The van der Waals surface area contributed by atoms with Gasteiger partial charge in [-0.25, -0.2) is 4.79 Å². The van der Waals surface area contributed by atoms with Crippen LogP contribution in [-0.4, -0.2) is 25.0 Å². The highest BCUT2D eigenvalue weighted by Crippen LogP contribution is 2.33. The summed E-state index contributed by atoms with van der Waals surface area (Å²) in [6.07, 6.45) is 0.600. The molecular weight excluding hydrogens is 276 g/mol. The average molecular weight is 298 g/mol. The maximum Gasteiger partial charge on any atom is 0.341 e. The van der Waals surface area contributed by atoms with E-state index in [2.05, 4.69) is 5.32 Å². The van der Waals surface area contributed by atoms with Gasteiger partial charge in [-0.3, -0.25) is 4.79 Å². The van der Waals surface area contributed by atoms with Crippen LogP contribution in [0.2, 0.25) is 0 Å². The quantitative estimate of drug-likeness (QED) is 0.818. The summed E-state index contributed by atoms with van der Waals surface area (Å²) in [6.45, 7) is 7.75. The standard InChI is InChI=1S/C14H22N2O3S/c1-7(2)6-10(15)12(17)16-13-11(14(18)19-5)8(3)9(4)20-13/h7,10H,6,15H2,1-5H3,(H,16,17). The van der Waals surface area contributed by atoms with Crippen molar-refractivity contribution in [3.8, 4) is 0 Å². The van der Waals surface area contributed by atoms with Gasteiger partial charge in [0.05, 0.1) is 18.7 Å². The van der Waals surface area contributed by atoms with E-state index in [0.29, 0.717) is 22.9 Å². The highest BCUT2D eigenvalue weighted by molar-refractivity contribution is 7.16. The third-order valence-electron chi connectivity index (χ3n) is 3.07. The molecule has 1 aromatic heterocycles. The molecule has 0 bridgehead atoms. The zero-order chi connectivity index (χ0) is 15.4. The van der Waals surface area contributed by atoms with Crippen molar-refractivity contribution in [3.63, 3.8) is 0 Å². The summed E-state index contributed by atoms with van der Waals surface area (Å²) in [5.41, 5.74) is 7.09. The molecule has 1 unspecified atom stereocenters. The molecule has 1 aromatic rings. The van der Waals surface area contributed by atoms with E-state index in [1.807, 2.05) is 27.7 Å². The summed E-state index contributed by atoms with van der Waals surface area (Å²) in [5, 5.41) is 3.26. The number of nitrogens with two attached hydrogens (primary N) is 1. The van der Waals surface area contributed by atoms with E-state index in [1.165, 1.54) is 18.4 Å². The molecule has 5 nitrogen and oxygen atoms in total. The Bertz CT molecular complexity index is 509. The molecule has 1 rings (SSSR count). The molecule has 1 atom stereocenters. The molecule has 0 aromatic carbocycles. The molecule has 3 N–H and O–H groups in total. The van der Waals surface area contributed by atoms with Crippen LogP contribution < -0.4 is 11.1 Å². The molecular formula is C14H22N2O3S. The maximum atomic E-state index is 12.1. The van der Waals surface area contributed by atoms with Gasteiger partial charge in [0.25, 0.3) is 0 Å². The van der Waals surface area contributed by atoms with E-state index in [-0.39, 0.29) is 5.91 Å². The summed E-state index contributed by atoms with van der Waals surface area (Å²) in [4.78, 5) is 24.8. The van der Waals surface area contributed by atoms with Crippen LogP contribution in [0.3, 0.4) is 0 Å². The van der Waals surface area contributed by atoms with Crippen LogP contribution in [0.1, 0.15) is 41.1 Å². The Kier molecular flexibility index (Phi) is 5.71. The Labute approximate surface area is 123 Å². The third-order valence-corrected chi connectivity index (χ3v) is 4.20. The number of nitrogens with one attached hydrogen (secondary N) is 1. The lowest BCUT2D eigenvalue weighted by Crippen LogP contribution is -2.36. The molecule has 0 fully saturated rings. The number of carbonyl (C=O) groups excluding carboxylic acids is 2. The van der Waals surface area contributed by atoms with E-state index in [0.717, 1.165) is 10.4 Å². The zero-order valence-corrected chi connectivity index (χ0v) is 13.4. The minimum atomic E-state index is -0.580. The monoisotopic (exact) mass is 298 g/mol. The van der Waals surface area contributed by atoms with Gasteiger partial charge in [0, 0.05) is 4.88 Å². The number of hydrogen-bond donors (Lipinski definition) is 2. The molecule has 1 amide bonds. The Morgan fingerprint density at radius 2 is 1.95 bits per heavy atom. The van der Waals surface area contributed by atoms with Crippen LogP contribution >= 0.6 is 11.3 Å². The Morgan fingerprint density at radius 3 is 2.45 bits per heavy atom. The van der Waals surface area contributed by atoms with Gasteiger partial charge in [-0.15, -0.1) is 11.3 Å². The van der Waals surface area contributed by atoms with Gasteiger partial charge in [-0.1, -0.05) is 13.8 Å². The number of methoxy groups -OCH3 is 1. The largest absolute Gasteiger partial charge is 0.465 e. The lowest BCUT2D eigenvalue weighted by Gasteiger charge is -2.14. The second-order valence-electron chi connectivity index (χ2n) is 5.20. The van der Waals surface area contributed by atoms with Crippen molar-refractivity contribution in [2.75, 3.05) is 12.4 Å². The smallest absolute Gasteiger partial charge is 0.341 e. The molecule has 0 saturated carbocycles. The lowest BCUT2D eigenvalue weighted by molar-refractivity contribution is -0.117. The van der Waals surface area contributed by atoms with Crippen molar-refractivity contribution in [3.05, 3.63) is 16.0 Å². The van der Waals surface area contributed by atoms with Gasteiger partial charge >= 0.3 is 5.97 Å². The number of rotatable bonds is 5. The molecule has 0 aliphatic rings. The fourth-order valence-corrected chi connectivity index (χ4v) is 2.93. The first-order chi connectivity index (χ1) is 9.27. The zero-order valence-electron chi connectivity index (χ0n) is 12.6. The van der Waals surface area contributed by atoms with Gasteiger partial charge in [-0.05, 0) is 31.7 Å². The molecule has 1 heterocycles. The number of esters is 1. The van der Waals surface area contributed by atoms with Gasteiger partial charge in [0.1, 0.15) is 5.00 Å². The number of ether oxygens (including phenoxy) is 1. The van der Waals surface area contributed by atoms with Crippen molar-refractivity contribution in [2.24, 2.45) is 11.7 Å². The van der Waals surface area contributed by atoms with E-state index >= 15 is 0 Å². The molecule has 0 spiro atoms. The van der Waals surface area contributed by atoms with Crippen LogP contribution in [0.15, 0.2) is 0 Å². The molecule has 0 saturated heterocycles. The van der Waals surface area contributed by atoms with Crippen LogP contribution in [0, 0.1) is 19.8 Å². The molecule has 20 heavy (non-hydrogen) atoms. The molecule has 112 valence electrons. The predicted molar refractivity (Wildman–Crippen MR) is 81.2 cm³/mol. The normalized spacial score (nSPS) is 12.3. The summed E-state index contributed by atoms with van der Waals surface area (Å²) >= 11 is 1.36. The fourth-order valence-electron chi connectivity index (χ4n) is 1.88. The number of hydrogen-bond acceptors (Lipinski definition) is 5. The Hall–Kier alpha value is -1.40.